The first kappa shape index (κ1) is 22.3. The molecular formula is C21H29N3O5S. The predicted molar refractivity (Wildman–Crippen MR) is 114 cm³/mol. The van der Waals surface area contributed by atoms with Gasteiger partial charge in [-0.2, -0.15) is 0 Å². The van der Waals surface area contributed by atoms with Crippen molar-refractivity contribution in [1.29, 1.82) is 0 Å². The monoisotopic (exact) mass is 435 g/mol. The Hall–Kier alpha value is -2.36. The highest BCUT2D eigenvalue weighted by molar-refractivity contribution is 7.89. The van der Waals surface area contributed by atoms with Gasteiger partial charge in [0.2, 0.25) is 15.8 Å². The van der Waals surface area contributed by atoms with E-state index in [1.54, 1.807) is 6.92 Å². The molecule has 3 rings (SSSR count). The number of ether oxygens (including phenoxy) is 1. The van der Waals surface area contributed by atoms with E-state index in [1.165, 1.54) is 18.9 Å². The number of nitrogens with one attached hydrogen (secondary N) is 1. The zero-order valence-electron chi connectivity index (χ0n) is 17.6. The number of hydrogen-bond donors (Lipinski definition) is 1. The van der Waals surface area contributed by atoms with Crippen LogP contribution in [0.4, 0.5) is 5.69 Å². The van der Waals surface area contributed by atoms with Crippen LogP contribution in [-0.2, 0) is 21.2 Å². The second-order valence-electron chi connectivity index (χ2n) is 7.30. The molecule has 0 aliphatic carbocycles. The zero-order valence-corrected chi connectivity index (χ0v) is 18.4. The SMILES string of the molecule is CCc1oc(C(=O)OC)cc1S(=O)(=O)NCC(C)N1CCN(c2ccccc2)CC1. The highest BCUT2D eigenvalue weighted by atomic mass is 32.2. The number of methoxy groups -OCH3 is 1. The third kappa shape index (κ3) is 5.03. The molecule has 2 aromatic rings. The number of esters is 1. The lowest BCUT2D eigenvalue weighted by Crippen LogP contribution is -2.52. The topological polar surface area (TPSA) is 92.1 Å². The van der Waals surface area contributed by atoms with Crippen LogP contribution in [0.3, 0.4) is 0 Å². The molecular weight excluding hydrogens is 406 g/mol. The molecule has 1 aromatic heterocycles. The van der Waals surface area contributed by atoms with Gasteiger partial charge in [0, 0.05) is 56.9 Å². The number of carbonyl (C=O) groups is 1. The van der Waals surface area contributed by atoms with Gasteiger partial charge in [-0.15, -0.1) is 0 Å². The fourth-order valence-corrected chi connectivity index (χ4v) is 4.95. The number of piperazine rings is 1. The maximum atomic E-state index is 12.8. The minimum atomic E-state index is -3.80. The van der Waals surface area contributed by atoms with Gasteiger partial charge in [0.25, 0.3) is 0 Å². The summed E-state index contributed by atoms with van der Waals surface area (Å²) in [5.74, 6) is -0.567. The van der Waals surface area contributed by atoms with Crippen LogP contribution < -0.4 is 9.62 Å². The van der Waals surface area contributed by atoms with E-state index in [0.717, 1.165) is 26.2 Å². The Kier molecular flexibility index (Phi) is 7.17. The van der Waals surface area contributed by atoms with Crippen LogP contribution in [0.1, 0.15) is 30.2 Å². The van der Waals surface area contributed by atoms with Gasteiger partial charge in [-0.05, 0) is 19.1 Å². The van der Waals surface area contributed by atoms with Gasteiger partial charge < -0.3 is 14.1 Å². The second-order valence-corrected chi connectivity index (χ2v) is 9.04. The van der Waals surface area contributed by atoms with E-state index in [-0.39, 0.29) is 29.0 Å². The molecule has 0 saturated carbocycles. The number of sulfonamides is 1. The molecule has 1 aliphatic heterocycles. The molecule has 1 aromatic carbocycles. The molecule has 1 aliphatic rings. The summed E-state index contributed by atoms with van der Waals surface area (Å²) in [5, 5.41) is 0. The Bertz CT molecular complexity index is 950. The van der Waals surface area contributed by atoms with Crippen LogP contribution in [0.2, 0.25) is 0 Å². The number of para-hydroxylation sites is 1. The summed E-state index contributed by atoms with van der Waals surface area (Å²) >= 11 is 0. The number of rotatable bonds is 8. The Balaban J connectivity index is 1.58. The van der Waals surface area contributed by atoms with E-state index in [2.05, 4.69) is 31.4 Å². The van der Waals surface area contributed by atoms with E-state index in [1.807, 2.05) is 25.1 Å². The minimum Gasteiger partial charge on any atom is -0.463 e. The Morgan fingerprint density at radius 3 is 2.47 bits per heavy atom. The largest absolute Gasteiger partial charge is 0.463 e. The van der Waals surface area contributed by atoms with Gasteiger partial charge in [-0.25, -0.2) is 17.9 Å². The summed E-state index contributed by atoms with van der Waals surface area (Å²) in [6.45, 7) is 7.56. The molecule has 0 amide bonds. The molecule has 9 heteroatoms. The fourth-order valence-electron chi connectivity index (χ4n) is 3.58. The van der Waals surface area contributed by atoms with Gasteiger partial charge in [-0.3, -0.25) is 4.90 Å². The maximum absolute atomic E-state index is 12.8. The number of furan rings is 1. The van der Waals surface area contributed by atoms with Crippen molar-refractivity contribution in [3.8, 4) is 0 Å². The maximum Gasteiger partial charge on any atom is 0.373 e. The Morgan fingerprint density at radius 2 is 1.87 bits per heavy atom. The molecule has 1 fully saturated rings. The van der Waals surface area contributed by atoms with Crippen LogP contribution in [0, 0.1) is 0 Å². The molecule has 2 heterocycles. The molecule has 1 N–H and O–H groups in total. The molecule has 30 heavy (non-hydrogen) atoms. The van der Waals surface area contributed by atoms with E-state index < -0.39 is 16.0 Å². The van der Waals surface area contributed by atoms with E-state index in [4.69, 9.17) is 4.42 Å². The molecule has 1 atom stereocenters. The van der Waals surface area contributed by atoms with Crippen molar-refractivity contribution in [3.05, 3.63) is 47.9 Å². The van der Waals surface area contributed by atoms with Crippen LogP contribution in [0.5, 0.6) is 0 Å². The van der Waals surface area contributed by atoms with Crippen LogP contribution in [0.25, 0.3) is 0 Å². The van der Waals surface area contributed by atoms with Crippen molar-refractivity contribution in [3.63, 3.8) is 0 Å². The van der Waals surface area contributed by atoms with Crippen LogP contribution in [0.15, 0.2) is 45.7 Å². The first-order chi connectivity index (χ1) is 14.4. The number of carbonyl (C=O) groups excluding carboxylic acids is 1. The van der Waals surface area contributed by atoms with Gasteiger partial charge in [0.15, 0.2) is 0 Å². The average Bonchev–Trinajstić information content (AvgIpc) is 3.23. The van der Waals surface area contributed by atoms with Gasteiger partial charge in [0.1, 0.15) is 10.7 Å². The number of benzene rings is 1. The summed E-state index contributed by atoms with van der Waals surface area (Å²) in [4.78, 5) is 16.3. The van der Waals surface area contributed by atoms with Crippen molar-refractivity contribution in [2.45, 2.75) is 31.2 Å². The number of aryl methyl sites for hydroxylation is 1. The molecule has 164 valence electrons. The summed E-state index contributed by atoms with van der Waals surface area (Å²) in [6.07, 6.45) is 0.351. The first-order valence-electron chi connectivity index (χ1n) is 10.1. The van der Waals surface area contributed by atoms with Crippen molar-refractivity contribution in [2.75, 3.05) is 44.7 Å². The van der Waals surface area contributed by atoms with Crippen molar-refractivity contribution >= 4 is 21.7 Å². The first-order valence-corrected chi connectivity index (χ1v) is 11.6. The van der Waals surface area contributed by atoms with E-state index in [0.29, 0.717) is 6.42 Å². The van der Waals surface area contributed by atoms with Gasteiger partial charge in [0.05, 0.1) is 7.11 Å². The lowest BCUT2D eigenvalue weighted by Gasteiger charge is -2.39. The highest BCUT2D eigenvalue weighted by Crippen LogP contribution is 2.22. The van der Waals surface area contributed by atoms with Crippen molar-refractivity contribution in [2.24, 2.45) is 0 Å². The lowest BCUT2D eigenvalue weighted by atomic mass is 10.2. The molecule has 0 spiro atoms. The zero-order chi connectivity index (χ0) is 21.7. The minimum absolute atomic E-state index is 0.00787. The van der Waals surface area contributed by atoms with Gasteiger partial charge >= 0.3 is 5.97 Å². The smallest absolute Gasteiger partial charge is 0.373 e. The second kappa shape index (κ2) is 9.63. The Morgan fingerprint density at radius 1 is 1.20 bits per heavy atom. The molecule has 8 nitrogen and oxygen atoms in total. The molecule has 0 bridgehead atoms. The third-order valence-corrected chi connectivity index (χ3v) is 6.87. The van der Waals surface area contributed by atoms with Crippen molar-refractivity contribution in [1.82, 2.24) is 9.62 Å². The fraction of sp³-hybridized carbons (Fsp3) is 0.476. The van der Waals surface area contributed by atoms with Crippen LogP contribution >= 0.6 is 0 Å². The quantitative estimate of drug-likeness (QED) is 0.635. The molecule has 1 unspecified atom stereocenters. The summed E-state index contributed by atoms with van der Waals surface area (Å²) in [7, 11) is -2.58. The summed E-state index contributed by atoms with van der Waals surface area (Å²) < 4.78 is 38.3. The summed E-state index contributed by atoms with van der Waals surface area (Å²) in [6, 6.07) is 11.5. The average molecular weight is 436 g/mol. The Labute approximate surface area is 177 Å². The number of anilines is 1. The predicted octanol–water partition coefficient (Wildman–Crippen LogP) is 2.12. The van der Waals surface area contributed by atoms with E-state index >= 15 is 0 Å². The normalized spacial score (nSPS) is 16.4. The third-order valence-electron chi connectivity index (χ3n) is 5.40. The number of nitrogens with zero attached hydrogens (tertiary/aromatic N) is 2. The van der Waals surface area contributed by atoms with Crippen molar-refractivity contribution < 1.29 is 22.4 Å². The summed E-state index contributed by atoms with van der Waals surface area (Å²) in [5.41, 5.74) is 1.21. The number of hydrogen-bond acceptors (Lipinski definition) is 7. The van der Waals surface area contributed by atoms with E-state index in [9.17, 15) is 13.2 Å². The standard InChI is InChI=1S/C21H29N3O5S/c1-4-18-20(14-19(29-18)21(25)28-3)30(26,27)22-15-16(2)23-10-12-24(13-11-23)17-8-6-5-7-9-17/h5-9,14,16,22H,4,10-13,15H2,1-3H3. The van der Waals surface area contributed by atoms with Gasteiger partial charge in [-0.1, -0.05) is 25.1 Å². The molecule has 0 radical (unpaired) electrons. The highest BCUT2D eigenvalue weighted by Gasteiger charge is 2.27. The van der Waals surface area contributed by atoms with Crippen LogP contribution in [-0.4, -0.2) is 65.2 Å². The lowest BCUT2D eigenvalue weighted by molar-refractivity contribution is 0.0563. The molecule has 1 saturated heterocycles.